The quantitative estimate of drug-likeness (QED) is 0.593. The number of fused-ring (bicyclic) bond motifs is 5. The van der Waals surface area contributed by atoms with Gasteiger partial charge in [-0.25, -0.2) is 4.98 Å². The van der Waals surface area contributed by atoms with E-state index in [0.717, 1.165) is 12.1 Å². The van der Waals surface area contributed by atoms with Crippen LogP contribution in [0.3, 0.4) is 0 Å². The molecule has 2 aromatic heterocycles. The molecule has 0 atom stereocenters. The molecule has 0 N–H and O–H groups in total. The van der Waals surface area contributed by atoms with E-state index in [2.05, 4.69) is 68.5 Å². The van der Waals surface area contributed by atoms with E-state index in [1.165, 1.54) is 33.8 Å². The van der Waals surface area contributed by atoms with Gasteiger partial charge in [0, 0.05) is 17.7 Å². The maximum atomic E-state index is 4.93. The molecule has 1 aliphatic carbocycles. The van der Waals surface area contributed by atoms with Crippen LogP contribution in [-0.2, 0) is 11.8 Å². The normalized spacial score (nSPS) is 15.8. The molecule has 2 heterocycles. The predicted octanol–water partition coefficient (Wildman–Crippen LogP) is 4.45. The largest absolute Gasteiger partial charge is 0.297 e. The second-order valence-electron chi connectivity index (χ2n) is 6.88. The molecule has 2 heteroatoms. The zero-order valence-electron chi connectivity index (χ0n) is 13.1. The van der Waals surface area contributed by atoms with Crippen molar-refractivity contribution in [3.63, 3.8) is 0 Å². The smallest absolute Gasteiger partial charge is 0.137 e. The second-order valence-corrected chi connectivity index (χ2v) is 6.88. The highest BCUT2D eigenvalue weighted by Gasteiger charge is 2.33. The standard InChI is InChI=1S/C19H20N2/c1-12-9-13(2)21-17(10-12)20-16-11-19(3,4)15-8-6-5-7-14(15)18(16)21/h5-10H,11H2,1-4H3. The SMILES string of the molecule is Cc1cc(C)n2c3c(nc2c1)CC(C)(C)c1ccccc1-3. The molecule has 0 spiro atoms. The van der Waals surface area contributed by atoms with Crippen molar-refractivity contribution in [3.05, 3.63) is 58.9 Å². The molecular weight excluding hydrogens is 256 g/mol. The monoisotopic (exact) mass is 276 g/mol. The molecule has 2 nitrogen and oxygen atoms in total. The van der Waals surface area contributed by atoms with Crippen molar-refractivity contribution in [3.8, 4) is 11.3 Å². The van der Waals surface area contributed by atoms with E-state index in [-0.39, 0.29) is 5.41 Å². The van der Waals surface area contributed by atoms with Gasteiger partial charge in [-0.2, -0.15) is 0 Å². The number of hydrogen-bond acceptors (Lipinski definition) is 1. The maximum Gasteiger partial charge on any atom is 0.137 e. The highest BCUT2D eigenvalue weighted by atomic mass is 15.0. The minimum Gasteiger partial charge on any atom is -0.297 e. The fraction of sp³-hybridized carbons (Fsp3) is 0.316. The van der Waals surface area contributed by atoms with E-state index in [4.69, 9.17) is 4.98 Å². The molecule has 0 bridgehead atoms. The molecule has 0 unspecified atom stereocenters. The fourth-order valence-corrected chi connectivity index (χ4v) is 3.77. The molecule has 1 aromatic carbocycles. The third-order valence-corrected chi connectivity index (χ3v) is 4.64. The van der Waals surface area contributed by atoms with Crippen LogP contribution in [0.15, 0.2) is 36.4 Å². The summed E-state index contributed by atoms with van der Waals surface area (Å²) >= 11 is 0. The first kappa shape index (κ1) is 12.6. The first-order chi connectivity index (χ1) is 9.97. The minimum atomic E-state index is 0.143. The summed E-state index contributed by atoms with van der Waals surface area (Å²) in [5.74, 6) is 0. The van der Waals surface area contributed by atoms with Gasteiger partial charge < -0.3 is 0 Å². The van der Waals surface area contributed by atoms with Gasteiger partial charge in [-0.1, -0.05) is 38.1 Å². The Hall–Kier alpha value is -2.09. The highest BCUT2D eigenvalue weighted by Crippen LogP contribution is 2.43. The topological polar surface area (TPSA) is 17.3 Å². The van der Waals surface area contributed by atoms with Crippen LogP contribution >= 0.6 is 0 Å². The van der Waals surface area contributed by atoms with Crippen molar-refractivity contribution in [2.45, 2.75) is 39.5 Å². The minimum absolute atomic E-state index is 0.143. The number of imidazole rings is 1. The lowest BCUT2D eigenvalue weighted by molar-refractivity contribution is 0.511. The van der Waals surface area contributed by atoms with E-state index < -0.39 is 0 Å². The average Bonchev–Trinajstić information content (AvgIpc) is 2.76. The Morgan fingerprint density at radius 2 is 1.86 bits per heavy atom. The van der Waals surface area contributed by atoms with Gasteiger partial charge in [0.2, 0.25) is 0 Å². The number of aromatic nitrogens is 2. The van der Waals surface area contributed by atoms with E-state index in [1.807, 2.05) is 0 Å². The molecule has 4 rings (SSSR count). The first-order valence-corrected chi connectivity index (χ1v) is 7.56. The average molecular weight is 276 g/mol. The van der Waals surface area contributed by atoms with Crippen LogP contribution in [0.5, 0.6) is 0 Å². The van der Waals surface area contributed by atoms with Gasteiger partial charge in [0.15, 0.2) is 0 Å². The lowest BCUT2D eigenvalue weighted by atomic mass is 9.73. The van der Waals surface area contributed by atoms with Crippen LogP contribution in [0.25, 0.3) is 16.9 Å². The van der Waals surface area contributed by atoms with Gasteiger partial charge >= 0.3 is 0 Å². The zero-order valence-corrected chi connectivity index (χ0v) is 13.1. The molecule has 0 saturated heterocycles. The number of pyridine rings is 1. The second kappa shape index (κ2) is 3.97. The van der Waals surface area contributed by atoms with Gasteiger partial charge in [-0.3, -0.25) is 4.40 Å². The summed E-state index contributed by atoms with van der Waals surface area (Å²) in [6.07, 6.45) is 1.000. The zero-order chi connectivity index (χ0) is 14.8. The third kappa shape index (κ3) is 1.68. The Balaban J connectivity index is 2.15. The molecule has 0 fully saturated rings. The molecule has 1 aliphatic rings. The van der Waals surface area contributed by atoms with E-state index in [9.17, 15) is 0 Å². The van der Waals surface area contributed by atoms with Crippen molar-refractivity contribution in [2.75, 3.05) is 0 Å². The van der Waals surface area contributed by atoms with Crippen molar-refractivity contribution in [1.82, 2.24) is 9.38 Å². The Kier molecular flexibility index (Phi) is 2.39. The van der Waals surface area contributed by atoms with E-state index in [1.54, 1.807) is 0 Å². The first-order valence-electron chi connectivity index (χ1n) is 7.56. The van der Waals surface area contributed by atoms with E-state index in [0.29, 0.717) is 0 Å². The van der Waals surface area contributed by atoms with Gasteiger partial charge in [-0.15, -0.1) is 0 Å². The Morgan fingerprint density at radius 1 is 1.10 bits per heavy atom. The van der Waals surface area contributed by atoms with Crippen molar-refractivity contribution < 1.29 is 0 Å². The molecule has 0 aliphatic heterocycles. The Bertz CT molecular complexity index is 869. The Morgan fingerprint density at radius 3 is 2.67 bits per heavy atom. The number of hydrogen-bond donors (Lipinski definition) is 0. The summed E-state index contributed by atoms with van der Waals surface area (Å²) in [6.45, 7) is 8.94. The highest BCUT2D eigenvalue weighted by molar-refractivity contribution is 5.75. The summed E-state index contributed by atoms with van der Waals surface area (Å²) in [4.78, 5) is 4.93. The number of benzene rings is 1. The fourth-order valence-electron chi connectivity index (χ4n) is 3.77. The number of rotatable bonds is 0. The van der Waals surface area contributed by atoms with Crippen LogP contribution in [0.2, 0.25) is 0 Å². The van der Waals surface area contributed by atoms with Gasteiger partial charge in [-0.05, 0) is 42.5 Å². The van der Waals surface area contributed by atoms with E-state index >= 15 is 0 Å². The summed E-state index contributed by atoms with van der Waals surface area (Å²) in [6, 6.07) is 13.2. The molecule has 106 valence electrons. The number of aryl methyl sites for hydroxylation is 2. The van der Waals surface area contributed by atoms with Crippen molar-refractivity contribution in [2.24, 2.45) is 0 Å². The Labute approximate surface area is 125 Å². The van der Waals surface area contributed by atoms with Gasteiger partial charge in [0.05, 0.1) is 11.4 Å². The number of nitrogens with zero attached hydrogens (tertiary/aromatic N) is 2. The van der Waals surface area contributed by atoms with Crippen molar-refractivity contribution in [1.29, 1.82) is 0 Å². The molecule has 0 amide bonds. The summed E-state index contributed by atoms with van der Waals surface area (Å²) in [5.41, 5.74) is 9.03. The molecule has 3 aromatic rings. The molecular formula is C19H20N2. The van der Waals surface area contributed by atoms with Gasteiger partial charge in [0.25, 0.3) is 0 Å². The third-order valence-electron chi connectivity index (χ3n) is 4.64. The molecule has 0 radical (unpaired) electrons. The van der Waals surface area contributed by atoms with Crippen LogP contribution < -0.4 is 0 Å². The summed E-state index contributed by atoms with van der Waals surface area (Å²) in [5, 5.41) is 0. The predicted molar refractivity (Wildman–Crippen MR) is 86.8 cm³/mol. The van der Waals surface area contributed by atoms with Crippen LogP contribution in [-0.4, -0.2) is 9.38 Å². The van der Waals surface area contributed by atoms with Crippen LogP contribution in [0.1, 0.15) is 36.4 Å². The van der Waals surface area contributed by atoms with Gasteiger partial charge in [0.1, 0.15) is 5.65 Å². The van der Waals surface area contributed by atoms with Crippen LogP contribution in [0.4, 0.5) is 0 Å². The lowest BCUT2D eigenvalue weighted by Crippen LogP contribution is -2.25. The molecule has 21 heavy (non-hydrogen) atoms. The lowest BCUT2D eigenvalue weighted by Gasteiger charge is -2.32. The maximum absolute atomic E-state index is 4.93. The summed E-state index contributed by atoms with van der Waals surface area (Å²) < 4.78 is 2.32. The summed E-state index contributed by atoms with van der Waals surface area (Å²) in [7, 11) is 0. The van der Waals surface area contributed by atoms with Crippen LogP contribution in [0, 0.1) is 13.8 Å². The van der Waals surface area contributed by atoms with Crippen molar-refractivity contribution >= 4 is 5.65 Å². The molecule has 0 saturated carbocycles.